The molecule has 0 spiro atoms. The van der Waals surface area contributed by atoms with Gasteiger partial charge in [-0.05, 0) is 165 Å². The number of benzene rings is 6. The minimum atomic E-state index is 0. The Balaban J connectivity index is 0.00000352. The molecular weight excluding hydrogens is 678 g/mol. The summed E-state index contributed by atoms with van der Waals surface area (Å²) in [6, 6.07) is 42.1. The van der Waals surface area contributed by atoms with E-state index in [4.69, 9.17) is 0 Å². The number of nitrogens with zero attached hydrogens (tertiary/aromatic N) is 3. The first-order valence-electron chi connectivity index (χ1n) is 20.4. The van der Waals surface area contributed by atoms with Crippen LogP contribution in [-0.2, 0) is 38.5 Å². The summed E-state index contributed by atoms with van der Waals surface area (Å²) >= 11 is 0. The van der Waals surface area contributed by atoms with Gasteiger partial charge in [-0.1, -0.05) is 103 Å². The van der Waals surface area contributed by atoms with Crippen LogP contribution in [0.5, 0.6) is 0 Å². The van der Waals surface area contributed by atoms with Gasteiger partial charge >= 0.3 is 0 Å². The fraction of sp³-hybridized carbons (Fsp3) is 0.294. The zero-order valence-corrected chi connectivity index (χ0v) is 34.8. The molecular formula is C51H47N3Na. The van der Waals surface area contributed by atoms with Crippen molar-refractivity contribution in [3.05, 3.63) is 153 Å². The topological polar surface area (TPSA) is 9.72 Å². The van der Waals surface area contributed by atoms with Crippen molar-refractivity contribution in [2.75, 3.05) is 40.8 Å². The molecule has 0 aromatic heterocycles. The first kappa shape index (κ1) is 34.4. The summed E-state index contributed by atoms with van der Waals surface area (Å²) in [6.45, 7) is 3.32. The predicted molar refractivity (Wildman–Crippen MR) is 228 cm³/mol. The van der Waals surface area contributed by atoms with E-state index in [-0.39, 0.29) is 29.6 Å². The molecule has 12 rings (SSSR count). The third-order valence-electron chi connectivity index (χ3n) is 14.6. The molecule has 0 saturated heterocycles. The van der Waals surface area contributed by atoms with Crippen molar-refractivity contribution in [2.45, 2.75) is 56.7 Å². The molecule has 3 nitrogen and oxygen atoms in total. The van der Waals surface area contributed by atoms with Gasteiger partial charge in [0, 0.05) is 67.3 Å². The van der Waals surface area contributed by atoms with Crippen molar-refractivity contribution in [3.63, 3.8) is 0 Å². The molecule has 0 fully saturated rings. The fourth-order valence-corrected chi connectivity index (χ4v) is 11.9. The predicted octanol–water partition coefficient (Wildman–Crippen LogP) is 9.90. The summed E-state index contributed by atoms with van der Waals surface area (Å²) < 4.78 is 0. The third kappa shape index (κ3) is 4.90. The largest absolute Gasteiger partial charge is 0.299 e. The molecule has 1 radical (unpaired) electrons. The Labute approximate surface area is 348 Å². The maximum Gasteiger partial charge on any atom is 0.0394 e. The molecule has 0 amide bonds. The van der Waals surface area contributed by atoms with Crippen molar-refractivity contribution in [3.8, 4) is 55.6 Å². The Morgan fingerprint density at radius 2 is 0.764 bits per heavy atom. The van der Waals surface area contributed by atoms with Gasteiger partial charge in [0.05, 0.1) is 0 Å². The van der Waals surface area contributed by atoms with Gasteiger partial charge in [0.25, 0.3) is 0 Å². The van der Waals surface area contributed by atoms with Crippen LogP contribution < -0.4 is 0 Å². The smallest absolute Gasteiger partial charge is 0.0394 e. The first-order chi connectivity index (χ1) is 26.5. The van der Waals surface area contributed by atoms with Crippen LogP contribution in [0, 0.1) is 0 Å². The van der Waals surface area contributed by atoms with Gasteiger partial charge in [0.15, 0.2) is 0 Å². The monoisotopic (exact) mass is 724 g/mol. The van der Waals surface area contributed by atoms with Gasteiger partial charge in [-0.25, -0.2) is 0 Å². The first-order valence-corrected chi connectivity index (χ1v) is 20.4. The van der Waals surface area contributed by atoms with E-state index in [0.29, 0.717) is 18.1 Å². The number of rotatable bonds is 2. The summed E-state index contributed by atoms with van der Waals surface area (Å²) in [5.74, 6) is 0. The minimum Gasteiger partial charge on any atom is -0.299 e. The van der Waals surface area contributed by atoms with E-state index < -0.39 is 0 Å². The average molecular weight is 725 g/mol. The van der Waals surface area contributed by atoms with Crippen LogP contribution in [0.1, 0.15) is 68.2 Å². The van der Waals surface area contributed by atoms with Crippen molar-refractivity contribution < 1.29 is 0 Å². The third-order valence-corrected chi connectivity index (χ3v) is 14.6. The van der Waals surface area contributed by atoms with Crippen LogP contribution in [0.4, 0.5) is 0 Å². The summed E-state index contributed by atoms with van der Waals surface area (Å²) in [7, 11) is 7.06. The van der Waals surface area contributed by atoms with Gasteiger partial charge in [-0.3, -0.25) is 14.7 Å². The molecule has 3 heterocycles. The average Bonchev–Trinajstić information content (AvgIpc) is 3.21. The fourth-order valence-electron chi connectivity index (χ4n) is 11.9. The van der Waals surface area contributed by atoms with Crippen LogP contribution in [0.15, 0.2) is 103 Å². The summed E-state index contributed by atoms with van der Waals surface area (Å²) in [5.41, 5.74) is 28.3. The van der Waals surface area contributed by atoms with Crippen LogP contribution in [0.2, 0.25) is 0 Å². The molecule has 3 unspecified atom stereocenters. The quantitative estimate of drug-likeness (QED) is 0.165. The van der Waals surface area contributed by atoms with Crippen LogP contribution >= 0.6 is 0 Å². The van der Waals surface area contributed by atoms with Gasteiger partial charge in [-0.2, -0.15) is 0 Å². The Bertz CT molecular complexity index is 2590. The summed E-state index contributed by atoms with van der Waals surface area (Å²) in [4.78, 5) is 7.90. The van der Waals surface area contributed by atoms with E-state index in [0.717, 1.165) is 58.2 Å². The number of hydrogen-bond donors (Lipinski definition) is 0. The molecule has 0 saturated carbocycles. The molecule has 3 aliphatic carbocycles. The van der Waals surface area contributed by atoms with E-state index in [2.05, 4.69) is 139 Å². The molecule has 0 bridgehead atoms. The molecule has 4 heteroatoms. The van der Waals surface area contributed by atoms with Crippen molar-refractivity contribution >= 4 is 29.6 Å². The molecule has 3 atom stereocenters. The molecule has 6 aromatic carbocycles. The number of fused-ring (bicyclic) bond motifs is 6. The standard InChI is InChI=1S/C51H47N3.Na/c1-52-23-20-30-16-18-39(48-36-13-7-4-10-32(36)27-42(52)45(30)48)41-26-35-22-25-54(3)44-29-34-12-6-9-15-38(34)51(47(35)44)50(41)40-19-17-31-21-24-53(2)43-28-33-11-5-8-14-37(33)49(40)46(31)43;/h4-19,26,42-44H,20-25,27-29H2,1-3H3;. The maximum atomic E-state index is 2.68. The van der Waals surface area contributed by atoms with E-state index in [1.807, 2.05) is 0 Å². The Morgan fingerprint density at radius 1 is 0.364 bits per heavy atom. The zero-order chi connectivity index (χ0) is 35.8. The van der Waals surface area contributed by atoms with Crippen molar-refractivity contribution in [2.24, 2.45) is 0 Å². The minimum absolute atomic E-state index is 0. The Hall–Kier alpha value is -3.80. The number of hydrogen-bond acceptors (Lipinski definition) is 3. The SMILES string of the molecule is CN1CCc2ccc(-c3cc4c5c(c3-c3ccc6c7c3-c3ccccc3CC7N(C)CC6)-c3ccccc3CC5N(C)CC4)c3c2C1Cc1ccccc1-3.[Na]. The van der Waals surface area contributed by atoms with E-state index >= 15 is 0 Å². The van der Waals surface area contributed by atoms with Crippen LogP contribution in [0.25, 0.3) is 55.6 Å². The molecule has 267 valence electrons. The second-order valence-corrected chi connectivity index (χ2v) is 17.2. The van der Waals surface area contributed by atoms with Gasteiger partial charge < -0.3 is 0 Å². The summed E-state index contributed by atoms with van der Waals surface area (Å²) in [5, 5.41) is 0. The van der Waals surface area contributed by atoms with Crippen LogP contribution in [0.3, 0.4) is 0 Å². The number of likely N-dealkylation sites (N-methyl/N-ethyl adjacent to an activating group) is 3. The van der Waals surface area contributed by atoms with E-state index in [1.54, 1.807) is 33.4 Å². The normalized spacial score (nSPS) is 21.6. The molecule has 55 heavy (non-hydrogen) atoms. The Morgan fingerprint density at radius 3 is 1.27 bits per heavy atom. The molecule has 6 aliphatic rings. The second kappa shape index (κ2) is 12.9. The maximum absolute atomic E-state index is 2.68. The summed E-state index contributed by atoms with van der Waals surface area (Å²) in [6.07, 6.45) is 6.54. The zero-order valence-electron chi connectivity index (χ0n) is 32.8. The van der Waals surface area contributed by atoms with E-state index in [9.17, 15) is 0 Å². The molecule has 0 N–H and O–H groups in total. The Kier molecular flexibility index (Phi) is 8.06. The van der Waals surface area contributed by atoms with E-state index in [1.165, 1.54) is 72.3 Å². The van der Waals surface area contributed by atoms with Crippen LogP contribution in [-0.4, -0.2) is 85.0 Å². The molecule has 3 aliphatic heterocycles. The van der Waals surface area contributed by atoms with Gasteiger partial charge in [0.2, 0.25) is 0 Å². The van der Waals surface area contributed by atoms with Gasteiger partial charge in [-0.15, -0.1) is 0 Å². The second-order valence-electron chi connectivity index (χ2n) is 17.2. The van der Waals surface area contributed by atoms with Crippen molar-refractivity contribution in [1.82, 2.24) is 14.7 Å². The van der Waals surface area contributed by atoms with Gasteiger partial charge in [0.1, 0.15) is 0 Å². The van der Waals surface area contributed by atoms with Crippen molar-refractivity contribution in [1.29, 1.82) is 0 Å². The molecule has 6 aromatic rings.